The first kappa shape index (κ1) is 41.1. The van der Waals surface area contributed by atoms with Crippen LogP contribution in [-0.2, 0) is 22.3 Å². The minimum absolute atomic E-state index is 0. The number of hydrogen-bond acceptors (Lipinski definition) is 4. The molecule has 2 radical (unpaired) electrons. The predicted octanol–water partition coefficient (Wildman–Crippen LogP) is 8.79. The van der Waals surface area contributed by atoms with Crippen molar-refractivity contribution in [1.82, 2.24) is 19.9 Å². The van der Waals surface area contributed by atoms with Crippen molar-refractivity contribution in [1.29, 1.82) is 0 Å². The Labute approximate surface area is 384 Å². The third kappa shape index (κ3) is 10.6. The molecule has 256 valence electrons. The number of ether oxygens (including phenoxy) is 2. The summed E-state index contributed by atoms with van der Waals surface area (Å²) in [6.45, 7) is 4.36. The molecule has 0 fully saturated rings. The Kier molecular flexibility index (Phi) is 14.6. The zero-order chi connectivity index (χ0) is 34.8. The molecule has 0 saturated heterocycles. The molecular weight excluding hydrogens is 723 g/mol. The maximum Gasteiger partial charge on any atom is 0.126 e. The quantitative estimate of drug-likeness (QED) is 0.108. The largest absolute Gasteiger partial charge is 0.373 e. The van der Waals surface area contributed by atoms with Crippen molar-refractivity contribution in [3.8, 4) is 0 Å². The van der Waals surface area contributed by atoms with Gasteiger partial charge in [0.2, 0.25) is 0 Å². The maximum absolute atomic E-state index is 13.7. The van der Waals surface area contributed by atoms with Gasteiger partial charge in [-0.2, -0.15) is 0 Å². The predicted molar refractivity (Wildman–Crippen MR) is 199 cm³/mol. The standard InChI is InChI=1S/C40H34F4N4O2.2K/c1-23(49-9-7-25-11-27(41)15-28(42)12-25)37-19-35-18-33-4-3-31(45-33)17-32-5-6-34(46-32)21-39-38(20-36(48-39)22-40(37)47-35)24(2)50-10-8-26-13-29(43)16-30(44)14-26;;/h3-6,11-24,46-47H,7-10H2,1-2H3;;. The van der Waals surface area contributed by atoms with Crippen LogP contribution in [0.5, 0.6) is 0 Å². The van der Waals surface area contributed by atoms with Gasteiger partial charge < -0.3 is 19.4 Å². The summed E-state index contributed by atoms with van der Waals surface area (Å²) in [5.74, 6) is -2.48. The average Bonchev–Trinajstić information content (AvgIpc) is 3.85. The van der Waals surface area contributed by atoms with E-state index in [1.807, 2.05) is 74.5 Å². The van der Waals surface area contributed by atoms with Gasteiger partial charge in [-0.3, -0.25) is 0 Å². The molecular formula is C40H34F4K2N4O2. The molecule has 2 unspecified atom stereocenters. The van der Waals surface area contributed by atoms with Gasteiger partial charge in [0.1, 0.15) is 23.3 Å². The minimum atomic E-state index is -0.621. The number of hydrogen-bond donors (Lipinski definition) is 2. The van der Waals surface area contributed by atoms with Crippen molar-refractivity contribution < 1.29 is 27.0 Å². The Balaban J connectivity index is 0.00000261. The molecule has 8 bridgehead atoms. The van der Waals surface area contributed by atoms with E-state index in [1.54, 1.807) is 0 Å². The van der Waals surface area contributed by atoms with E-state index < -0.39 is 23.3 Å². The SMILES string of the molecule is CC(OCCc1cc(F)cc(F)c1)C1=Cc2cc3[nH]c(cc4nc(cc5ccc(cc1n2)[nH]5)C=C4)cc3C(C)OCCc1cc(F)cc(F)c1.[K].[K]. The molecule has 2 aromatic carbocycles. The van der Waals surface area contributed by atoms with Gasteiger partial charge in [-0.25, -0.2) is 27.5 Å². The molecule has 5 heterocycles. The van der Waals surface area contributed by atoms with E-state index in [0.717, 1.165) is 56.7 Å². The van der Waals surface area contributed by atoms with Crippen molar-refractivity contribution in [2.75, 3.05) is 13.2 Å². The van der Waals surface area contributed by atoms with Gasteiger partial charge in [0.25, 0.3) is 0 Å². The van der Waals surface area contributed by atoms with Crippen molar-refractivity contribution in [3.05, 3.63) is 142 Å². The van der Waals surface area contributed by atoms with Crippen LogP contribution >= 0.6 is 0 Å². The first-order chi connectivity index (χ1) is 24.1. The molecule has 2 N–H and O–H groups in total. The fraction of sp³-hybridized carbons (Fsp3) is 0.200. The third-order valence-electron chi connectivity index (χ3n) is 8.59. The van der Waals surface area contributed by atoms with Gasteiger partial charge in [0.15, 0.2) is 0 Å². The Morgan fingerprint density at radius 2 is 1.12 bits per heavy atom. The first-order valence-corrected chi connectivity index (χ1v) is 16.4. The van der Waals surface area contributed by atoms with Crippen LogP contribution in [0.25, 0.3) is 45.9 Å². The number of rotatable bonds is 10. The van der Waals surface area contributed by atoms with Crippen LogP contribution in [0.15, 0.2) is 78.9 Å². The molecule has 7 rings (SSSR count). The molecule has 6 nitrogen and oxygen atoms in total. The Bertz CT molecular complexity index is 2260. The number of aromatic nitrogens is 4. The molecule has 2 aliphatic heterocycles. The van der Waals surface area contributed by atoms with Gasteiger partial charge in [-0.15, -0.1) is 0 Å². The molecule has 0 spiro atoms. The van der Waals surface area contributed by atoms with E-state index in [-0.39, 0.29) is 128 Å². The molecule has 3 aromatic heterocycles. The van der Waals surface area contributed by atoms with Crippen LogP contribution in [0.1, 0.15) is 59.4 Å². The molecule has 12 heteroatoms. The second-order valence-electron chi connectivity index (χ2n) is 12.4. The van der Waals surface area contributed by atoms with Crippen molar-refractivity contribution in [3.63, 3.8) is 0 Å². The molecule has 0 aliphatic carbocycles. The summed E-state index contributed by atoms with van der Waals surface area (Å²) in [6, 6.07) is 20.7. The van der Waals surface area contributed by atoms with Crippen LogP contribution in [0.4, 0.5) is 17.6 Å². The summed E-state index contributed by atoms with van der Waals surface area (Å²) >= 11 is 0. The minimum Gasteiger partial charge on any atom is -0.373 e. The fourth-order valence-corrected chi connectivity index (χ4v) is 6.19. The summed E-state index contributed by atoms with van der Waals surface area (Å²) in [5.41, 5.74) is 9.06. The van der Waals surface area contributed by atoms with Crippen LogP contribution in [0, 0.1) is 23.3 Å². The third-order valence-corrected chi connectivity index (χ3v) is 8.59. The smallest absolute Gasteiger partial charge is 0.126 e. The van der Waals surface area contributed by atoms with E-state index in [9.17, 15) is 17.6 Å². The number of fused-ring (bicyclic) bond motifs is 8. The number of nitrogens with one attached hydrogen (secondary N) is 2. The Morgan fingerprint density at radius 1 is 0.577 bits per heavy atom. The van der Waals surface area contributed by atoms with Crippen molar-refractivity contribution in [2.24, 2.45) is 0 Å². The Morgan fingerprint density at radius 3 is 1.71 bits per heavy atom. The van der Waals surface area contributed by atoms with E-state index in [4.69, 9.17) is 19.4 Å². The van der Waals surface area contributed by atoms with Crippen LogP contribution < -0.4 is 0 Å². The number of nitrogens with zero attached hydrogens (tertiary/aromatic N) is 2. The fourth-order valence-electron chi connectivity index (χ4n) is 6.19. The van der Waals surface area contributed by atoms with Crippen molar-refractivity contribution >= 4 is 149 Å². The van der Waals surface area contributed by atoms with E-state index in [1.165, 1.54) is 24.3 Å². The van der Waals surface area contributed by atoms with Gasteiger partial charge in [0, 0.05) is 148 Å². The summed E-state index contributed by atoms with van der Waals surface area (Å²) in [7, 11) is 0. The molecule has 0 amide bonds. The van der Waals surface area contributed by atoms with Crippen LogP contribution in [-0.4, -0.2) is 142 Å². The summed E-state index contributed by atoms with van der Waals surface area (Å²) in [6.07, 6.45) is 5.80. The van der Waals surface area contributed by atoms with Crippen LogP contribution in [0.3, 0.4) is 0 Å². The number of halogens is 4. The van der Waals surface area contributed by atoms with E-state index >= 15 is 0 Å². The van der Waals surface area contributed by atoms with Gasteiger partial charge in [-0.05, 0) is 123 Å². The molecule has 2 aliphatic rings. The Hall–Kier alpha value is -2.05. The zero-order valence-electron chi connectivity index (χ0n) is 29.4. The normalized spacial score (nSPS) is 13.2. The topological polar surface area (TPSA) is 75.8 Å². The number of benzene rings is 2. The van der Waals surface area contributed by atoms with Gasteiger partial charge in [0.05, 0.1) is 48.2 Å². The molecule has 2 atom stereocenters. The monoisotopic (exact) mass is 756 g/mol. The summed E-state index contributed by atoms with van der Waals surface area (Å²) in [4.78, 5) is 16.6. The molecule has 5 aromatic rings. The van der Waals surface area contributed by atoms with Crippen LogP contribution in [0.2, 0.25) is 0 Å². The van der Waals surface area contributed by atoms with Gasteiger partial charge in [-0.1, -0.05) is 0 Å². The molecule has 0 saturated carbocycles. The maximum atomic E-state index is 13.7. The average molecular weight is 757 g/mol. The second-order valence-corrected chi connectivity index (χ2v) is 12.4. The first-order valence-electron chi connectivity index (χ1n) is 16.4. The van der Waals surface area contributed by atoms with Crippen molar-refractivity contribution in [2.45, 2.75) is 38.9 Å². The second kappa shape index (κ2) is 18.5. The number of aromatic amines is 2. The van der Waals surface area contributed by atoms with Gasteiger partial charge >= 0.3 is 0 Å². The number of H-pyrrole nitrogens is 2. The van der Waals surface area contributed by atoms with E-state index in [0.29, 0.717) is 35.4 Å². The summed E-state index contributed by atoms with van der Waals surface area (Å²) in [5, 5.41) is 0. The molecule has 52 heavy (non-hydrogen) atoms. The zero-order valence-corrected chi connectivity index (χ0v) is 35.7. The van der Waals surface area contributed by atoms with E-state index in [2.05, 4.69) is 9.97 Å². The summed E-state index contributed by atoms with van der Waals surface area (Å²) < 4.78 is 67.3.